The quantitative estimate of drug-likeness (QED) is 0.830. The maximum absolute atomic E-state index is 12.2. The molecule has 0 saturated carbocycles. The second-order valence-electron chi connectivity index (χ2n) is 5.58. The summed E-state index contributed by atoms with van der Waals surface area (Å²) in [6.07, 6.45) is 1.08. The molecule has 0 aliphatic carbocycles. The van der Waals surface area contributed by atoms with Crippen LogP contribution in [0.4, 0.5) is 11.4 Å². The highest BCUT2D eigenvalue weighted by atomic mass is 16.2. The lowest BCUT2D eigenvalue weighted by Gasteiger charge is -2.24. The molecule has 4 heteroatoms. The molecule has 0 atom stereocenters. The molecule has 0 heterocycles. The molecule has 0 spiro atoms. The van der Waals surface area contributed by atoms with E-state index in [1.807, 2.05) is 13.1 Å². The van der Waals surface area contributed by atoms with Crippen LogP contribution in [0.3, 0.4) is 0 Å². The van der Waals surface area contributed by atoms with Crippen molar-refractivity contribution >= 4 is 17.3 Å². The molecule has 19 heavy (non-hydrogen) atoms. The van der Waals surface area contributed by atoms with Gasteiger partial charge >= 0.3 is 0 Å². The smallest absolute Gasteiger partial charge is 0.255 e. The van der Waals surface area contributed by atoms with E-state index in [1.165, 1.54) is 0 Å². The molecule has 0 unspecified atom stereocenters. The molecule has 4 nitrogen and oxygen atoms in total. The normalized spacial score (nSPS) is 10.6. The van der Waals surface area contributed by atoms with E-state index in [1.54, 1.807) is 31.1 Å². The van der Waals surface area contributed by atoms with Crippen LogP contribution in [-0.4, -0.2) is 38.5 Å². The van der Waals surface area contributed by atoms with Gasteiger partial charge in [-0.1, -0.05) is 13.8 Å². The number of hydrogen-bond acceptors (Lipinski definition) is 3. The van der Waals surface area contributed by atoms with Crippen molar-refractivity contribution in [2.45, 2.75) is 20.3 Å². The van der Waals surface area contributed by atoms with Gasteiger partial charge < -0.3 is 15.5 Å². The maximum atomic E-state index is 12.2. The number of carbonyl (C=O) groups is 1. The molecule has 1 aromatic rings. The molecule has 1 rings (SSSR count). The van der Waals surface area contributed by atoms with Gasteiger partial charge in [-0.05, 0) is 30.5 Å². The second-order valence-corrected chi connectivity index (χ2v) is 5.58. The number of anilines is 2. The summed E-state index contributed by atoms with van der Waals surface area (Å²) in [5.74, 6) is 0.642. The first kappa shape index (κ1) is 15.3. The van der Waals surface area contributed by atoms with Gasteiger partial charge in [0, 0.05) is 33.4 Å². The Hall–Kier alpha value is -1.71. The topological polar surface area (TPSA) is 49.6 Å². The zero-order chi connectivity index (χ0) is 14.6. The van der Waals surface area contributed by atoms with E-state index < -0.39 is 0 Å². The van der Waals surface area contributed by atoms with Crippen molar-refractivity contribution in [1.82, 2.24) is 4.90 Å². The zero-order valence-corrected chi connectivity index (χ0v) is 12.6. The average Bonchev–Trinajstić information content (AvgIpc) is 2.34. The molecular weight excluding hydrogens is 238 g/mol. The fourth-order valence-electron chi connectivity index (χ4n) is 1.86. The van der Waals surface area contributed by atoms with E-state index >= 15 is 0 Å². The first-order valence-electron chi connectivity index (χ1n) is 6.65. The minimum Gasteiger partial charge on any atom is -0.399 e. The van der Waals surface area contributed by atoms with Crippen LogP contribution in [0.15, 0.2) is 18.2 Å². The number of rotatable bonds is 5. The van der Waals surface area contributed by atoms with E-state index in [9.17, 15) is 4.79 Å². The largest absolute Gasteiger partial charge is 0.399 e. The van der Waals surface area contributed by atoms with Crippen molar-refractivity contribution in [2.24, 2.45) is 5.92 Å². The minimum absolute atomic E-state index is 0.00592. The fraction of sp³-hybridized carbons (Fsp3) is 0.533. The summed E-state index contributed by atoms with van der Waals surface area (Å²) in [4.78, 5) is 15.9. The van der Waals surface area contributed by atoms with E-state index in [4.69, 9.17) is 5.73 Å². The van der Waals surface area contributed by atoms with E-state index in [0.29, 0.717) is 17.2 Å². The summed E-state index contributed by atoms with van der Waals surface area (Å²) >= 11 is 0. The molecule has 1 aromatic carbocycles. The van der Waals surface area contributed by atoms with Crippen LogP contribution >= 0.6 is 0 Å². The summed E-state index contributed by atoms with van der Waals surface area (Å²) in [7, 11) is 5.52. The summed E-state index contributed by atoms with van der Waals surface area (Å²) in [5, 5.41) is 0. The number of carbonyl (C=O) groups excluding carboxylic acids is 1. The highest BCUT2D eigenvalue weighted by Crippen LogP contribution is 2.24. The predicted molar refractivity (Wildman–Crippen MR) is 81.6 cm³/mol. The Morgan fingerprint density at radius 3 is 2.42 bits per heavy atom. The number of nitrogens with zero attached hydrogens (tertiary/aromatic N) is 2. The first-order valence-corrected chi connectivity index (χ1v) is 6.65. The molecule has 0 bridgehead atoms. The Bertz CT molecular complexity index is 441. The van der Waals surface area contributed by atoms with E-state index in [0.717, 1.165) is 18.7 Å². The number of nitrogen functional groups attached to an aromatic ring is 1. The van der Waals surface area contributed by atoms with Gasteiger partial charge in [0.1, 0.15) is 0 Å². The summed E-state index contributed by atoms with van der Waals surface area (Å²) < 4.78 is 0. The van der Waals surface area contributed by atoms with Crippen molar-refractivity contribution in [2.75, 3.05) is 38.3 Å². The number of hydrogen-bond donors (Lipinski definition) is 1. The lowest BCUT2D eigenvalue weighted by Crippen LogP contribution is -2.27. The van der Waals surface area contributed by atoms with Gasteiger partial charge in [-0.25, -0.2) is 0 Å². The molecule has 0 fully saturated rings. The SMILES string of the molecule is CC(C)CCN(C)c1cc(N)ccc1C(=O)N(C)C. The van der Waals surface area contributed by atoms with Crippen molar-refractivity contribution < 1.29 is 4.79 Å². The Labute approximate surface area is 116 Å². The highest BCUT2D eigenvalue weighted by Gasteiger charge is 2.16. The molecule has 0 aliphatic rings. The van der Waals surface area contributed by atoms with Crippen molar-refractivity contribution in [3.05, 3.63) is 23.8 Å². The maximum Gasteiger partial charge on any atom is 0.255 e. The lowest BCUT2D eigenvalue weighted by molar-refractivity contribution is 0.0828. The Morgan fingerprint density at radius 2 is 1.89 bits per heavy atom. The van der Waals surface area contributed by atoms with E-state index in [2.05, 4.69) is 18.7 Å². The van der Waals surface area contributed by atoms with Gasteiger partial charge in [-0.15, -0.1) is 0 Å². The van der Waals surface area contributed by atoms with Crippen LogP contribution in [0.5, 0.6) is 0 Å². The molecule has 2 N–H and O–H groups in total. The zero-order valence-electron chi connectivity index (χ0n) is 12.6. The highest BCUT2D eigenvalue weighted by molar-refractivity contribution is 6.00. The number of nitrogens with two attached hydrogens (primary N) is 1. The monoisotopic (exact) mass is 263 g/mol. The van der Waals surface area contributed by atoms with Crippen LogP contribution < -0.4 is 10.6 Å². The Balaban J connectivity index is 3.03. The van der Waals surface area contributed by atoms with Crippen LogP contribution in [0.25, 0.3) is 0 Å². The van der Waals surface area contributed by atoms with Gasteiger partial charge in [-0.2, -0.15) is 0 Å². The van der Waals surface area contributed by atoms with Gasteiger partial charge in [0.2, 0.25) is 0 Å². The first-order chi connectivity index (χ1) is 8.82. The van der Waals surface area contributed by atoms with E-state index in [-0.39, 0.29) is 5.91 Å². The Kier molecular flexibility index (Phi) is 5.21. The van der Waals surface area contributed by atoms with Gasteiger partial charge in [-0.3, -0.25) is 4.79 Å². The van der Waals surface area contributed by atoms with Gasteiger partial charge in [0.05, 0.1) is 11.3 Å². The van der Waals surface area contributed by atoms with Crippen molar-refractivity contribution in [1.29, 1.82) is 0 Å². The van der Waals surface area contributed by atoms with Crippen LogP contribution in [-0.2, 0) is 0 Å². The van der Waals surface area contributed by atoms with Crippen molar-refractivity contribution in [3.63, 3.8) is 0 Å². The second kappa shape index (κ2) is 6.45. The fourth-order valence-corrected chi connectivity index (χ4v) is 1.86. The minimum atomic E-state index is 0.00592. The Morgan fingerprint density at radius 1 is 1.26 bits per heavy atom. The summed E-state index contributed by atoms with van der Waals surface area (Å²) in [5.41, 5.74) is 8.13. The number of amides is 1. The summed E-state index contributed by atoms with van der Waals surface area (Å²) in [6, 6.07) is 5.45. The van der Waals surface area contributed by atoms with Crippen LogP contribution in [0.1, 0.15) is 30.6 Å². The standard InChI is InChI=1S/C15H25N3O/c1-11(2)8-9-18(5)14-10-12(16)6-7-13(14)15(19)17(3)4/h6-7,10-11H,8-9,16H2,1-5H3. The van der Waals surface area contributed by atoms with Crippen molar-refractivity contribution in [3.8, 4) is 0 Å². The van der Waals surface area contributed by atoms with Crippen LogP contribution in [0, 0.1) is 5.92 Å². The number of benzene rings is 1. The molecule has 1 amide bonds. The molecular formula is C15H25N3O. The molecule has 0 radical (unpaired) electrons. The van der Waals surface area contributed by atoms with Crippen LogP contribution in [0.2, 0.25) is 0 Å². The third-order valence-corrected chi connectivity index (χ3v) is 3.11. The molecule has 0 saturated heterocycles. The molecule has 0 aromatic heterocycles. The van der Waals surface area contributed by atoms with Gasteiger partial charge in [0.15, 0.2) is 0 Å². The average molecular weight is 263 g/mol. The predicted octanol–water partition coefficient (Wildman–Crippen LogP) is 2.45. The lowest BCUT2D eigenvalue weighted by atomic mass is 10.1. The molecule has 106 valence electrons. The van der Waals surface area contributed by atoms with Gasteiger partial charge in [0.25, 0.3) is 5.91 Å². The summed E-state index contributed by atoms with van der Waals surface area (Å²) in [6.45, 7) is 5.30. The molecule has 0 aliphatic heterocycles. The third kappa shape index (κ3) is 4.16. The third-order valence-electron chi connectivity index (χ3n) is 3.11.